The lowest BCUT2D eigenvalue weighted by Gasteiger charge is -2.33. The first kappa shape index (κ1) is 31.5. The van der Waals surface area contributed by atoms with E-state index in [0.29, 0.717) is 48.0 Å². The molecule has 1 saturated heterocycles. The molecule has 0 saturated carbocycles. The van der Waals surface area contributed by atoms with Crippen LogP contribution in [0.3, 0.4) is 0 Å². The van der Waals surface area contributed by atoms with Crippen LogP contribution in [-0.2, 0) is 9.53 Å². The lowest BCUT2D eigenvalue weighted by molar-refractivity contribution is -0.384. The number of nitrogens with zero attached hydrogens (tertiary/aromatic N) is 4. The molecule has 44 heavy (non-hydrogen) atoms. The molecule has 2 aliphatic heterocycles. The molecule has 13 heteroatoms. The Hall–Kier alpha value is -3.97. The average molecular weight is 686 g/mol. The third kappa shape index (κ3) is 5.90. The Morgan fingerprint density at radius 1 is 1.18 bits per heavy atom. The zero-order chi connectivity index (χ0) is 31.7. The van der Waals surface area contributed by atoms with Crippen LogP contribution in [0.25, 0.3) is 6.08 Å². The van der Waals surface area contributed by atoms with Crippen molar-refractivity contribution in [3.8, 4) is 11.5 Å². The number of carbonyl (C=O) groups excluding carboxylic acids is 1. The Morgan fingerprint density at radius 3 is 2.50 bits per heavy atom. The number of aromatic nitrogens is 1. The number of nitro groups is 1. The number of non-ortho nitro benzene ring substituents is 1. The van der Waals surface area contributed by atoms with E-state index in [4.69, 9.17) is 14.2 Å². The highest BCUT2D eigenvalue weighted by Gasteiger charge is 2.35. The normalized spacial score (nSPS) is 17.3. The molecule has 0 N–H and O–H groups in total. The van der Waals surface area contributed by atoms with Gasteiger partial charge in [-0.25, -0.2) is 9.79 Å². The van der Waals surface area contributed by atoms with Crippen molar-refractivity contribution >= 4 is 50.7 Å². The molecule has 1 fully saturated rings. The van der Waals surface area contributed by atoms with Gasteiger partial charge in [0.05, 0.1) is 47.6 Å². The van der Waals surface area contributed by atoms with Gasteiger partial charge in [-0.15, -0.1) is 0 Å². The Morgan fingerprint density at radius 2 is 1.86 bits per heavy atom. The molecular weight excluding hydrogens is 652 g/mol. The molecule has 2 aliphatic rings. The summed E-state index contributed by atoms with van der Waals surface area (Å²) in [6, 6.07) is 7.30. The van der Waals surface area contributed by atoms with Crippen molar-refractivity contribution < 1.29 is 23.9 Å². The van der Waals surface area contributed by atoms with Crippen molar-refractivity contribution in [2.24, 2.45) is 10.9 Å². The first-order valence-electron chi connectivity index (χ1n) is 14.2. The number of ether oxygens (including phenoxy) is 3. The number of benzene rings is 2. The Balaban J connectivity index is 1.74. The van der Waals surface area contributed by atoms with Gasteiger partial charge in [0.25, 0.3) is 11.2 Å². The summed E-state index contributed by atoms with van der Waals surface area (Å²) < 4.78 is 18.8. The molecule has 5 rings (SSSR count). The fraction of sp³-hybridized carbons (Fsp3) is 0.387. The number of fused-ring (bicyclic) bond motifs is 1. The third-order valence-electron chi connectivity index (χ3n) is 7.95. The number of halogens is 1. The number of carbonyl (C=O) groups is 1. The van der Waals surface area contributed by atoms with Crippen LogP contribution in [-0.4, -0.2) is 49.4 Å². The van der Waals surface area contributed by atoms with Crippen LogP contribution in [0, 0.1) is 16.0 Å². The Kier molecular flexibility index (Phi) is 9.26. The SMILES string of the molecule is CCOC(=O)C1=C(C)N=c2s/c(=C/c3cc([N+](=O)[O-])ccc3N3CCC(C)CC3)c(=O)n2[C@H]1c1cc(OC)c(OC)cc1Br. The quantitative estimate of drug-likeness (QED) is 0.190. The molecule has 0 unspecified atom stereocenters. The monoisotopic (exact) mass is 684 g/mol. The van der Waals surface area contributed by atoms with E-state index in [9.17, 15) is 19.7 Å². The molecule has 2 aromatic carbocycles. The first-order chi connectivity index (χ1) is 21.1. The van der Waals surface area contributed by atoms with E-state index in [-0.39, 0.29) is 23.4 Å². The number of esters is 1. The van der Waals surface area contributed by atoms with Crippen molar-refractivity contribution in [3.63, 3.8) is 0 Å². The summed E-state index contributed by atoms with van der Waals surface area (Å²) >= 11 is 4.77. The minimum Gasteiger partial charge on any atom is -0.493 e. The average Bonchev–Trinajstić information content (AvgIpc) is 3.30. The molecular formula is C31H33BrN4O7S. The fourth-order valence-corrected chi connectivity index (χ4v) is 7.19. The smallest absolute Gasteiger partial charge is 0.338 e. The van der Waals surface area contributed by atoms with Gasteiger partial charge in [0.2, 0.25) is 0 Å². The third-order valence-corrected chi connectivity index (χ3v) is 9.62. The Bertz CT molecular complexity index is 1840. The minimum atomic E-state index is -0.894. The highest BCUT2D eigenvalue weighted by molar-refractivity contribution is 9.10. The van der Waals surface area contributed by atoms with Crippen LogP contribution in [0.4, 0.5) is 11.4 Å². The predicted octanol–water partition coefficient (Wildman–Crippen LogP) is 4.72. The molecule has 0 spiro atoms. The van der Waals surface area contributed by atoms with E-state index in [1.54, 1.807) is 38.1 Å². The van der Waals surface area contributed by atoms with Gasteiger partial charge < -0.3 is 19.1 Å². The number of hydrogen-bond acceptors (Lipinski definition) is 10. The van der Waals surface area contributed by atoms with Gasteiger partial charge in [-0.3, -0.25) is 19.5 Å². The molecule has 3 aromatic rings. The molecule has 0 amide bonds. The van der Waals surface area contributed by atoms with Gasteiger partial charge in [0.1, 0.15) is 0 Å². The standard InChI is InChI=1S/C31H33BrN4O7S/c1-6-43-30(38)27-18(3)33-31-35(28(27)21-15-24(41-4)25(42-5)16-22(21)32)29(37)26(44-31)14-19-13-20(36(39)40)7-8-23(19)34-11-9-17(2)10-12-34/h7-8,13-17,28H,6,9-12H2,1-5H3/b26-14+/t28-/m0/s1. The number of methoxy groups -OCH3 is 2. The van der Waals surface area contributed by atoms with E-state index in [1.165, 1.54) is 30.9 Å². The van der Waals surface area contributed by atoms with Gasteiger partial charge in [0, 0.05) is 40.9 Å². The second-order valence-corrected chi connectivity index (χ2v) is 12.6. The number of hydrogen-bond donors (Lipinski definition) is 0. The van der Waals surface area contributed by atoms with E-state index < -0.39 is 16.9 Å². The highest BCUT2D eigenvalue weighted by Crippen LogP contribution is 2.41. The second-order valence-electron chi connectivity index (χ2n) is 10.7. The summed E-state index contributed by atoms with van der Waals surface area (Å²) in [6.07, 6.45) is 3.71. The van der Waals surface area contributed by atoms with Gasteiger partial charge in [0.15, 0.2) is 16.3 Å². The molecule has 1 aromatic heterocycles. The topological polar surface area (TPSA) is 126 Å². The summed E-state index contributed by atoms with van der Waals surface area (Å²) in [6.45, 7) is 7.41. The summed E-state index contributed by atoms with van der Waals surface area (Å²) in [5, 5.41) is 11.7. The molecule has 11 nitrogen and oxygen atoms in total. The van der Waals surface area contributed by atoms with Crippen LogP contribution in [0.5, 0.6) is 11.5 Å². The highest BCUT2D eigenvalue weighted by atomic mass is 79.9. The molecule has 3 heterocycles. The number of allylic oxidation sites excluding steroid dienone is 1. The fourth-order valence-electron chi connectivity index (χ4n) is 5.62. The largest absolute Gasteiger partial charge is 0.493 e. The molecule has 0 radical (unpaired) electrons. The number of piperidine rings is 1. The summed E-state index contributed by atoms with van der Waals surface area (Å²) in [4.78, 5) is 46.1. The van der Waals surface area contributed by atoms with Crippen LogP contribution >= 0.6 is 27.3 Å². The first-order valence-corrected chi connectivity index (χ1v) is 15.8. The van der Waals surface area contributed by atoms with Gasteiger partial charge in [-0.2, -0.15) is 0 Å². The predicted molar refractivity (Wildman–Crippen MR) is 171 cm³/mol. The van der Waals surface area contributed by atoms with Crippen molar-refractivity contribution in [1.82, 2.24) is 4.57 Å². The van der Waals surface area contributed by atoms with Crippen molar-refractivity contribution in [1.29, 1.82) is 0 Å². The summed E-state index contributed by atoms with van der Waals surface area (Å²) in [5.41, 5.74) is 2.16. The van der Waals surface area contributed by atoms with Crippen molar-refractivity contribution in [3.05, 3.63) is 87.0 Å². The van der Waals surface area contributed by atoms with Gasteiger partial charge in [-0.05, 0) is 62.4 Å². The number of thiazole rings is 1. The van der Waals surface area contributed by atoms with E-state index in [0.717, 1.165) is 43.0 Å². The van der Waals surface area contributed by atoms with Crippen LogP contribution in [0.15, 0.2) is 55.9 Å². The van der Waals surface area contributed by atoms with E-state index in [2.05, 4.69) is 32.7 Å². The summed E-state index contributed by atoms with van der Waals surface area (Å²) in [5.74, 6) is 0.904. The maximum absolute atomic E-state index is 14.3. The lowest BCUT2D eigenvalue weighted by Crippen LogP contribution is -2.40. The number of rotatable bonds is 8. The van der Waals surface area contributed by atoms with E-state index >= 15 is 0 Å². The van der Waals surface area contributed by atoms with E-state index in [1.807, 2.05) is 0 Å². The van der Waals surface area contributed by atoms with Gasteiger partial charge in [-0.1, -0.05) is 34.2 Å². The second kappa shape index (κ2) is 12.9. The van der Waals surface area contributed by atoms with Crippen molar-refractivity contribution in [2.75, 3.05) is 38.8 Å². The van der Waals surface area contributed by atoms with Crippen LogP contribution in [0.2, 0.25) is 0 Å². The lowest BCUT2D eigenvalue weighted by atomic mass is 9.95. The molecule has 232 valence electrons. The van der Waals surface area contributed by atoms with Crippen LogP contribution in [0.1, 0.15) is 50.8 Å². The van der Waals surface area contributed by atoms with Gasteiger partial charge >= 0.3 is 5.97 Å². The minimum absolute atomic E-state index is 0.0641. The molecule has 1 atom stereocenters. The zero-order valence-corrected chi connectivity index (χ0v) is 27.5. The molecule has 0 bridgehead atoms. The number of anilines is 1. The van der Waals surface area contributed by atoms with Crippen LogP contribution < -0.4 is 29.3 Å². The zero-order valence-electron chi connectivity index (χ0n) is 25.1. The van der Waals surface area contributed by atoms with Crippen molar-refractivity contribution in [2.45, 2.75) is 39.7 Å². The molecule has 0 aliphatic carbocycles. The maximum atomic E-state index is 14.3. The number of nitro benzene ring substituents is 1. The maximum Gasteiger partial charge on any atom is 0.338 e. The summed E-state index contributed by atoms with van der Waals surface area (Å²) in [7, 11) is 3.03. The Labute approximate surface area is 266 Å².